The summed E-state index contributed by atoms with van der Waals surface area (Å²) < 4.78 is 2.22. The van der Waals surface area contributed by atoms with Crippen molar-refractivity contribution in [3.8, 4) is 6.07 Å². The number of non-ortho nitro benzene ring substituents is 1. The Balaban J connectivity index is 1.50. The molecule has 2 heterocycles. The van der Waals surface area contributed by atoms with Crippen LogP contribution in [0.15, 0.2) is 53.5 Å². The fraction of sp³-hybridized carbons (Fsp3) is 0.333. The number of hydrogen-bond acceptors (Lipinski definition) is 5. The second-order valence-corrected chi connectivity index (χ2v) is 12.0. The van der Waals surface area contributed by atoms with Gasteiger partial charge in [-0.2, -0.15) is 5.26 Å². The van der Waals surface area contributed by atoms with Crippen molar-refractivity contribution in [2.45, 2.75) is 53.5 Å². The SMILES string of the molecule is Cc1c(C=Nc2sc3c(c2C#N)CC[C@H](C(C)(C)C)C3)c2ccccc2n1Cc1ccc([N+](=O)[O-])cc1. The number of nitro benzene ring substituents is 1. The van der Waals surface area contributed by atoms with Gasteiger partial charge in [-0.15, -0.1) is 11.3 Å². The number of nitro groups is 1. The summed E-state index contributed by atoms with van der Waals surface area (Å²) in [5.41, 5.74) is 6.43. The van der Waals surface area contributed by atoms with E-state index in [0.717, 1.165) is 57.6 Å². The van der Waals surface area contributed by atoms with Crippen LogP contribution in [0.5, 0.6) is 0 Å². The molecule has 1 atom stereocenters. The highest BCUT2D eigenvalue weighted by Crippen LogP contribution is 2.45. The lowest BCUT2D eigenvalue weighted by Crippen LogP contribution is -2.26. The molecule has 0 unspecified atom stereocenters. The number of nitriles is 1. The molecule has 4 aromatic rings. The van der Waals surface area contributed by atoms with Gasteiger partial charge in [0, 0.05) is 51.9 Å². The van der Waals surface area contributed by atoms with Gasteiger partial charge in [-0.05, 0) is 54.7 Å². The van der Waals surface area contributed by atoms with Crippen molar-refractivity contribution in [2.24, 2.45) is 16.3 Å². The molecule has 37 heavy (non-hydrogen) atoms. The van der Waals surface area contributed by atoms with E-state index < -0.39 is 0 Å². The Hall–Kier alpha value is -3.76. The molecule has 0 amide bonds. The highest BCUT2D eigenvalue weighted by molar-refractivity contribution is 7.16. The van der Waals surface area contributed by atoms with Crippen molar-refractivity contribution in [1.29, 1.82) is 5.26 Å². The zero-order valence-electron chi connectivity index (χ0n) is 21.6. The molecule has 0 spiro atoms. The first-order valence-corrected chi connectivity index (χ1v) is 13.4. The van der Waals surface area contributed by atoms with Gasteiger partial charge in [0.1, 0.15) is 11.1 Å². The Morgan fingerprint density at radius 3 is 2.62 bits per heavy atom. The molecule has 0 bridgehead atoms. The maximum Gasteiger partial charge on any atom is 0.269 e. The number of nitrogens with zero attached hydrogens (tertiary/aromatic N) is 4. The summed E-state index contributed by atoms with van der Waals surface area (Å²) in [6, 6.07) is 17.4. The minimum Gasteiger partial charge on any atom is -0.340 e. The standard InChI is InChI=1S/C30H30N4O2S/c1-19-26(17-32-29-25(16-31)24-14-11-21(30(2,3)4)15-28(24)37-29)23-7-5-6-8-27(23)33(19)18-20-9-12-22(13-10-20)34(35)36/h5-10,12-13,17,21H,11,14-15,18H2,1-4H3/t21-/m0/s1. The summed E-state index contributed by atoms with van der Waals surface area (Å²) in [7, 11) is 0. The Labute approximate surface area is 221 Å². The smallest absolute Gasteiger partial charge is 0.269 e. The number of fused-ring (bicyclic) bond motifs is 2. The predicted molar refractivity (Wildman–Crippen MR) is 150 cm³/mol. The molecular formula is C30H30N4O2S. The molecule has 1 aliphatic rings. The largest absolute Gasteiger partial charge is 0.340 e. The quantitative estimate of drug-likeness (QED) is 0.156. The van der Waals surface area contributed by atoms with E-state index in [9.17, 15) is 15.4 Å². The summed E-state index contributed by atoms with van der Waals surface area (Å²) in [5.74, 6) is 0.613. The zero-order chi connectivity index (χ0) is 26.3. The summed E-state index contributed by atoms with van der Waals surface area (Å²) >= 11 is 1.67. The minimum absolute atomic E-state index is 0.0893. The molecule has 0 N–H and O–H groups in total. The molecule has 0 radical (unpaired) electrons. The van der Waals surface area contributed by atoms with Crippen LogP contribution in [0.1, 0.15) is 60.0 Å². The molecule has 0 aliphatic heterocycles. The van der Waals surface area contributed by atoms with Crippen molar-refractivity contribution in [3.05, 3.63) is 91.5 Å². The van der Waals surface area contributed by atoms with Gasteiger partial charge in [0.05, 0.1) is 10.5 Å². The molecule has 6 nitrogen and oxygen atoms in total. The molecule has 0 fully saturated rings. The number of thiophene rings is 1. The second-order valence-electron chi connectivity index (χ2n) is 10.9. The lowest BCUT2D eigenvalue weighted by molar-refractivity contribution is -0.384. The van der Waals surface area contributed by atoms with Crippen molar-refractivity contribution < 1.29 is 4.92 Å². The number of aromatic nitrogens is 1. The van der Waals surface area contributed by atoms with E-state index in [1.165, 1.54) is 10.4 Å². The van der Waals surface area contributed by atoms with Crippen LogP contribution in [0.25, 0.3) is 10.9 Å². The molecule has 2 aromatic heterocycles. The fourth-order valence-corrected chi connectivity index (χ4v) is 6.59. The van der Waals surface area contributed by atoms with Gasteiger partial charge < -0.3 is 4.57 Å². The van der Waals surface area contributed by atoms with Crippen LogP contribution in [-0.4, -0.2) is 15.7 Å². The molecule has 7 heteroatoms. The minimum atomic E-state index is -0.379. The third kappa shape index (κ3) is 4.70. The van der Waals surface area contributed by atoms with Crippen molar-refractivity contribution in [2.75, 3.05) is 0 Å². The van der Waals surface area contributed by atoms with Gasteiger partial charge in [-0.3, -0.25) is 10.1 Å². The van der Waals surface area contributed by atoms with E-state index in [-0.39, 0.29) is 16.0 Å². The highest BCUT2D eigenvalue weighted by atomic mass is 32.1. The molecule has 188 valence electrons. The number of rotatable bonds is 5. The maximum atomic E-state index is 11.0. The summed E-state index contributed by atoms with van der Waals surface area (Å²) in [5, 5.41) is 22.9. The number of aliphatic imine (C=N–C) groups is 1. The van der Waals surface area contributed by atoms with E-state index in [1.807, 2.05) is 18.3 Å². The van der Waals surface area contributed by atoms with Crippen molar-refractivity contribution in [1.82, 2.24) is 4.57 Å². The van der Waals surface area contributed by atoms with Crippen LogP contribution in [-0.2, 0) is 19.4 Å². The van der Waals surface area contributed by atoms with Gasteiger partial charge in [-0.1, -0.05) is 51.1 Å². The van der Waals surface area contributed by atoms with Crippen LogP contribution < -0.4 is 0 Å². The lowest BCUT2D eigenvalue weighted by Gasteiger charge is -2.33. The average Bonchev–Trinajstić information content (AvgIpc) is 3.36. The highest BCUT2D eigenvalue weighted by Gasteiger charge is 2.32. The Morgan fingerprint density at radius 2 is 1.95 bits per heavy atom. The van der Waals surface area contributed by atoms with Gasteiger partial charge in [-0.25, -0.2) is 4.99 Å². The first-order chi connectivity index (χ1) is 17.7. The third-order valence-electron chi connectivity index (χ3n) is 7.66. The summed E-state index contributed by atoms with van der Waals surface area (Å²) in [6.07, 6.45) is 4.98. The van der Waals surface area contributed by atoms with Crippen molar-refractivity contribution in [3.63, 3.8) is 0 Å². The molecular weight excluding hydrogens is 480 g/mol. The first-order valence-electron chi connectivity index (χ1n) is 12.6. The fourth-order valence-electron chi connectivity index (χ4n) is 5.37. The molecule has 2 aromatic carbocycles. The van der Waals surface area contributed by atoms with Gasteiger partial charge in [0.25, 0.3) is 5.69 Å². The number of hydrogen-bond donors (Lipinski definition) is 0. The number of para-hydroxylation sites is 1. The van der Waals surface area contributed by atoms with Gasteiger partial charge in [0.15, 0.2) is 0 Å². The molecule has 0 saturated carbocycles. The lowest BCUT2D eigenvalue weighted by atomic mass is 9.72. The van der Waals surface area contributed by atoms with E-state index in [4.69, 9.17) is 4.99 Å². The van der Waals surface area contributed by atoms with E-state index in [1.54, 1.807) is 35.6 Å². The second kappa shape index (κ2) is 9.60. The van der Waals surface area contributed by atoms with Crippen LogP contribution in [0.3, 0.4) is 0 Å². The van der Waals surface area contributed by atoms with Crippen LogP contribution >= 0.6 is 11.3 Å². The topological polar surface area (TPSA) is 84.2 Å². The number of benzene rings is 2. The maximum absolute atomic E-state index is 11.0. The van der Waals surface area contributed by atoms with Crippen LogP contribution in [0, 0.1) is 39.7 Å². The van der Waals surface area contributed by atoms with E-state index in [2.05, 4.69) is 50.5 Å². The monoisotopic (exact) mass is 510 g/mol. The van der Waals surface area contributed by atoms with Gasteiger partial charge >= 0.3 is 0 Å². The Kier molecular flexibility index (Phi) is 6.47. The predicted octanol–water partition coefficient (Wildman–Crippen LogP) is 7.74. The average molecular weight is 511 g/mol. The van der Waals surface area contributed by atoms with Crippen LogP contribution in [0.2, 0.25) is 0 Å². The molecule has 5 rings (SSSR count). The molecule has 1 aliphatic carbocycles. The Morgan fingerprint density at radius 1 is 1.22 bits per heavy atom. The first kappa shape index (κ1) is 24.9. The van der Waals surface area contributed by atoms with Crippen LogP contribution in [0.4, 0.5) is 10.7 Å². The van der Waals surface area contributed by atoms with E-state index in [0.29, 0.717) is 12.5 Å². The van der Waals surface area contributed by atoms with E-state index >= 15 is 0 Å². The summed E-state index contributed by atoms with van der Waals surface area (Å²) in [4.78, 5) is 16.8. The summed E-state index contributed by atoms with van der Waals surface area (Å²) in [6.45, 7) is 9.58. The zero-order valence-corrected chi connectivity index (χ0v) is 22.4. The normalized spacial score (nSPS) is 15.7. The molecule has 0 saturated heterocycles. The Bertz CT molecular complexity index is 1560. The third-order valence-corrected chi connectivity index (χ3v) is 8.82. The van der Waals surface area contributed by atoms with Gasteiger partial charge in [0.2, 0.25) is 0 Å². The van der Waals surface area contributed by atoms with Crippen molar-refractivity contribution >= 4 is 39.1 Å².